The summed E-state index contributed by atoms with van der Waals surface area (Å²) >= 11 is 0. The lowest BCUT2D eigenvalue weighted by molar-refractivity contribution is 0.210. The first-order chi connectivity index (χ1) is 9.74. The molecule has 2 atom stereocenters. The number of piperazine rings is 1. The number of benzene rings is 1. The molecule has 6 heteroatoms. The molecule has 3 rings (SSSR count). The average Bonchev–Trinajstić information content (AvgIpc) is 2.97. The van der Waals surface area contributed by atoms with Crippen LogP contribution in [0.15, 0.2) is 30.3 Å². The van der Waals surface area contributed by atoms with Crippen molar-refractivity contribution in [3.8, 4) is 0 Å². The van der Waals surface area contributed by atoms with Crippen LogP contribution >= 0.6 is 0 Å². The van der Waals surface area contributed by atoms with Crippen molar-refractivity contribution in [2.45, 2.75) is 19.1 Å². The largest absolute Gasteiger partial charge is 0.380 e. The van der Waals surface area contributed by atoms with E-state index in [-0.39, 0.29) is 0 Å². The zero-order valence-electron chi connectivity index (χ0n) is 11.5. The summed E-state index contributed by atoms with van der Waals surface area (Å²) in [5.41, 5.74) is 0.809. The standard InChI is InChI=1S/C14H19N5O/c1-10-9-19(8-7-15-10)14-16-13(17-18-14)12(20)11-5-3-2-4-6-11/h2-6,10,12,15,20H,7-9H2,1H3,(H,16,17,18)/t10-,12?/m0/s1. The lowest BCUT2D eigenvalue weighted by Crippen LogP contribution is -2.49. The van der Waals surface area contributed by atoms with Crippen LogP contribution < -0.4 is 10.2 Å². The van der Waals surface area contributed by atoms with E-state index in [9.17, 15) is 5.11 Å². The molecular weight excluding hydrogens is 254 g/mol. The maximum absolute atomic E-state index is 10.3. The highest BCUT2D eigenvalue weighted by molar-refractivity contribution is 5.32. The van der Waals surface area contributed by atoms with Crippen LogP contribution in [0.4, 0.5) is 5.95 Å². The molecule has 0 aliphatic carbocycles. The highest BCUT2D eigenvalue weighted by atomic mass is 16.3. The summed E-state index contributed by atoms with van der Waals surface area (Å²) in [6, 6.07) is 9.88. The van der Waals surface area contributed by atoms with Crippen molar-refractivity contribution < 1.29 is 5.11 Å². The number of aliphatic hydroxyl groups excluding tert-OH is 1. The lowest BCUT2D eigenvalue weighted by atomic mass is 10.1. The van der Waals surface area contributed by atoms with Crippen molar-refractivity contribution in [1.29, 1.82) is 0 Å². The van der Waals surface area contributed by atoms with Crippen molar-refractivity contribution >= 4 is 5.95 Å². The van der Waals surface area contributed by atoms with Crippen molar-refractivity contribution in [2.24, 2.45) is 0 Å². The van der Waals surface area contributed by atoms with Gasteiger partial charge in [0, 0.05) is 25.7 Å². The Morgan fingerprint density at radius 3 is 2.90 bits per heavy atom. The number of hydrogen-bond donors (Lipinski definition) is 3. The van der Waals surface area contributed by atoms with E-state index in [1.54, 1.807) is 0 Å². The first-order valence-electron chi connectivity index (χ1n) is 6.87. The number of anilines is 1. The van der Waals surface area contributed by atoms with Crippen molar-refractivity contribution in [3.05, 3.63) is 41.7 Å². The van der Waals surface area contributed by atoms with E-state index in [1.807, 2.05) is 30.3 Å². The van der Waals surface area contributed by atoms with Crippen LogP contribution in [0.3, 0.4) is 0 Å². The molecule has 3 N–H and O–H groups in total. The van der Waals surface area contributed by atoms with E-state index in [4.69, 9.17) is 0 Å². The van der Waals surface area contributed by atoms with Crippen molar-refractivity contribution in [1.82, 2.24) is 20.5 Å². The zero-order valence-corrected chi connectivity index (χ0v) is 11.5. The number of H-pyrrole nitrogens is 1. The Labute approximate surface area is 117 Å². The van der Waals surface area contributed by atoms with Gasteiger partial charge in [0.05, 0.1) is 0 Å². The van der Waals surface area contributed by atoms with Crippen LogP contribution in [0.1, 0.15) is 24.4 Å². The molecule has 1 aromatic carbocycles. The molecule has 0 saturated carbocycles. The molecule has 0 amide bonds. The molecule has 20 heavy (non-hydrogen) atoms. The van der Waals surface area contributed by atoms with Crippen molar-refractivity contribution in [3.63, 3.8) is 0 Å². The van der Waals surface area contributed by atoms with Crippen LogP contribution in [0, 0.1) is 0 Å². The van der Waals surface area contributed by atoms with Gasteiger partial charge in [0.2, 0.25) is 5.95 Å². The molecule has 1 saturated heterocycles. The predicted molar refractivity (Wildman–Crippen MR) is 76.6 cm³/mol. The maximum atomic E-state index is 10.3. The summed E-state index contributed by atoms with van der Waals surface area (Å²) in [6.07, 6.45) is -0.766. The molecule has 1 fully saturated rings. The molecule has 6 nitrogen and oxygen atoms in total. The summed E-state index contributed by atoms with van der Waals surface area (Å²) in [5, 5.41) is 20.7. The van der Waals surface area contributed by atoms with Crippen molar-refractivity contribution in [2.75, 3.05) is 24.5 Å². The Morgan fingerprint density at radius 2 is 2.15 bits per heavy atom. The second-order valence-corrected chi connectivity index (χ2v) is 5.14. The average molecular weight is 273 g/mol. The molecule has 0 spiro atoms. The SMILES string of the molecule is C[C@H]1CN(c2n[nH]c(C(O)c3ccccc3)n2)CCN1. The number of aromatic amines is 1. The molecule has 2 aromatic rings. The molecule has 106 valence electrons. The van der Waals surface area contributed by atoms with Gasteiger partial charge in [-0.2, -0.15) is 4.98 Å². The first-order valence-corrected chi connectivity index (χ1v) is 6.87. The maximum Gasteiger partial charge on any atom is 0.244 e. The summed E-state index contributed by atoms with van der Waals surface area (Å²) in [5.74, 6) is 1.14. The van der Waals surface area contributed by atoms with Gasteiger partial charge in [-0.3, -0.25) is 5.10 Å². The van der Waals surface area contributed by atoms with E-state index in [1.165, 1.54) is 0 Å². The lowest BCUT2D eigenvalue weighted by Gasteiger charge is -2.30. The molecule has 1 unspecified atom stereocenters. The van der Waals surface area contributed by atoms with E-state index in [0.717, 1.165) is 25.2 Å². The number of hydrogen-bond acceptors (Lipinski definition) is 5. The molecule has 1 aliphatic heterocycles. The van der Waals surface area contributed by atoms with Crippen LogP contribution in [0.25, 0.3) is 0 Å². The fourth-order valence-corrected chi connectivity index (χ4v) is 2.44. The summed E-state index contributed by atoms with van der Waals surface area (Å²) in [7, 11) is 0. The van der Waals surface area contributed by atoms with Gasteiger partial charge < -0.3 is 15.3 Å². The van der Waals surface area contributed by atoms with Gasteiger partial charge in [-0.25, -0.2) is 0 Å². The fraction of sp³-hybridized carbons (Fsp3) is 0.429. The van der Waals surface area contributed by atoms with E-state index in [2.05, 4.69) is 32.3 Å². The highest BCUT2D eigenvalue weighted by Gasteiger charge is 2.21. The summed E-state index contributed by atoms with van der Waals surface area (Å²) in [4.78, 5) is 6.55. The highest BCUT2D eigenvalue weighted by Crippen LogP contribution is 2.20. The number of aromatic nitrogens is 3. The summed E-state index contributed by atoms with van der Waals surface area (Å²) in [6.45, 7) is 4.81. The molecule has 0 radical (unpaired) electrons. The molecule has 0 bridgehead atoms. The third-order valence-electron chi connectivity index (χ3n) is 3.52. The van der Waals surface area contributed by atoms with Gasteiger partial charge in [0.1, 0.15) is 6.10 Å². The van der Waals surface area contributed by atoms with E-state index in [0.29, 0.717) is 17.8 Å². The summed E-state index contributed by atoms with van der Waals surface area (Å²) < 4.78 is 0. The van der Waals surface area contributed by atoms with Crippen LogP contribution in [0.5, 0.6) is 0 Å². The molecule has 2 heterocycles. The molecular formula is C14H19N5O. The van der Waals surface area contributed by atoms with E-state index < -0.39 is 6.10 Å². The Kier molecular flexibility index (Phi) is 3.66. The van der Waals surface area contributed by atoms with Gasteiger partial charge in [-0.05, 0) is 12.5 Å². The van der Waals surface area contributed by atoms with Gasteiger partial charge in [-0.15, -0.1) is 5.10 Å². The number of nitrogens with one attached hydrogen (secondary N) is 2. The quantitative estimate of drug-likeness (QED) is 0.767. The topological polar surface area (TPSA) is 77.1 Å². The van der Waals surface area contributed by atoms with Gasteiger partial charge in [0.15, 0.2) is 5.82 Å². The van der Waals surface area contributed by atoms with Gasteiger partial charge in [0.25, 0.3) is 0 Å². The van der Waals surface area contributed by atoms with Crippen LogP contribution in [0.2, 0.25) is 0 Å². The second-order valence-electron chi connectivity index (χ2n) is 5.14. The second kappa shape index (κ2) is 5.60. The minimum atomic E-state index is -0.766. The molecule has 1 aromatic heterocycles. The fourth-order valence-electron chi connectivity index (χ4n) is 2.44. The Morgan fingerprint density at radius 1 is 1.35 bits per heavy atom. The predicted octanol–water partition coefficient (Wildman–Crippen LogP) is 0.684. The zero-order chi connectivity index (χ0) is 13.9. The first kappa shape index (κ1) is 13.1. The van der Waals surface area contributed by atoms with Gasteiger partial charge in [-0.1, -0.05) is 30.3 Å². The number of aliphatic hydroxyl groups is 1. The van der Waals surface area contributed by atoms with Crippen LogP contribution in [-0.2, 0) is 0 Å². The number of nitrogens with zero attached hydrogens (tertiary/aromatic N) is 3. The Balaban J connectivity index is 1.76. The smallest absolute Gasteiger partial charge is 0.244 e. The minimum absolute atomic E-state index is 0.421. The molecule has 1 aliphatic rings. The van der Waals surface area contributed by atoms with E-state index >= 15 is 0 Å². The normalized spacial score (nSPS) is 20.9. The minimum Gasteiger partial charge on any atom is -0.380 e. The Bertz CT molecular complexity index is 556. The third kappa shape index (κ3) is 2.66. The Hall–Kier alpha value is -1.92. The monoisotopic (exact) mass is 273 g/mol. The van der Waals surface area contributed by atoms with Crippen LogP contribution in [-0.4, -0.2) is 46.0 Å². The number of rotatable bonds is 3. The third-order valence-corrected chi connectivity index (χ3v) is 3.52. The van der Waals surface area contributed by atoms with Gasteiger partial charge >= 0.3 is 0 Å².